The second-order valence-electron chi connectivity index (χ2n) is 7.37. The Labute approximate surface area is 192 Å². The van der Waals surface area contributed by atoms with Crippen molar-refractivity contribution in [2.45, 2.75) is 24.7 Å². The minimum absolute atomic E-state index is 0.0828. The van der Waals surface area contributed by atoms with E-state index in [-0.39, 0.29) is 23.9 Å². The lowest BCUT2D eigenvalue weighted by Gasteiger charge is -2.43. The van der Waals surface area contributed by atoms with Gasteiger partial charge in [-0.25, -0.2) is 4.39 Å². The van der Waals surface area contributed by atoms with Crippen molar-refractivity contribution in [3.8, 4) is 0 Å². The number of likely N-dealkylation sites (N-methyl/N-ethyl adjacent to an activating group) is 1. The summed E-state index contributed by atoms with van der Waals surface area (Å²) in [5.74, 6) is -0.379. The molecule has 3 aromatic carbocycles. The molecule has 1 fully saturated rings. The van der Waals surface area contributed by atoms with Crippen molar-refractivity contribution in [2.75, 3.05) is 7.05 Å². The predicted octanol–water partition coefficient (Wildman–Crippen LogP) is 6.23. The Morgan fingerprint density at radius 2 is 1.40 bits per heavy atom. The molecule has 1 aliphatic rings. The molecule has 6 heteroatoms. The van der Waals surface area contributed by atoms with Gasteiger partial charge in [0, 0.05) is 22.4 Å². The Hall–Kier alpha value is -2.02. The highest BCUT2D eigenvalue weighted by atomic mass is 79.9. The lowest BCUT2D eigenvalue weighted by atomic mass is 9.91. The van der Waals surface area contributed by atoms with Gasteiger partial charge in [0.15, 0.2) is 0 Å². The number of ether oxygens (including phenoxy) is 1. The van der Waals surface area contributed by atoms with Crippen LogP contribution in [-0.2, 0) is 16.0 Å². The Bertz CT molecular complexity index is 1020. The summed E-state index contributed by atoms with van der Waals surface area (Å²) in [5.41, 5.74) is 2.86. The van der Waals surface area contributed by atoms with Crippen LogP contribution in [0.25, 0.3) is 0 Å². The zero-order valence-corrected chi connectivity index (χ0v) is 19.4. The van der Waals surface area contributed by atoms with Crippen molar-refractivity contribution in [3.05, 3.63) is 104 Å². The second kappa shape index (κ2) is 9.00. The van der Waals surface area contributed by atoms with Crippen molar-refractivity contribution < 1.29 is 13.9 Å². The first-order valence-corrected chi connectivity index (χ1v) is 11.2. The largest absolute Gasteiger partial charge is 0.358 e. The Morgan fingerprint density at radius 3 is 1.97 bits per heavy atom. The van der Waals surface area contributed by atoms with Gasteiger partial charge in [-0.15, -0.1) is 0 Å². The highest BCUT2D eigenvalue weighted by Crippen LogP contribution is 2.42. The van der Waals surface area contributed by atoms with Crippen LogP contribution < -0.4 is 0 Å². The fourth-order valence-electron chi connectivity index (χ4n) is 3.82. The van der Waals surface area contributed by atoms with Crippen LogP contribution in [0.5, 0.6) is 0 Å². The van der Waals surface area contributed by atoms with Crippen LogP contribution in [0.15, 0.2) is 81.7 Å². The van der Waals surface area contributed by atoms with Crippen LogP contribution in [0.2, 0.25) is 0 Å². The standard InChI is InChI=1S/C24H20Br2FNO2/c1-28-22(16-4-8-18(25)9-5-16)23(17-6-10-19(26)11-7-17)30-21(24(28)29)14-15-2-12-20(27)13-3-15/h2-13,21-23H,14H2,1H3/t21-,22+,23+/m1/s1. The normalized spacial score (nSPS) is 21.7. The molecule has 0 spiro atoms. The average Bonchev–Trinajstić information content (AvgIpc) is 2.74. The van der Waals surface area contributed by atoms with Gasteiger partial charge in [0.25, 0.3) is 5.91 Å². The number of hydrogen-bond donors (Lipinski definition) is 0. The lowest BCUT2D eigenvalue weighted by Crippen LogP contribution is -2.49. The smallest absolute Gasteiger partial charge is 0.252 e. The number of nitrogens with zero attached hydrogens (tertiary/aromatic N) is 1. The molecule has 1 amide bonds. The van der Waals surface area contributed by atoms with Crippen LogP contribution in [0.4, 0.5) is 4.39 Å². The first kappa shape index (κ1) is 21.2. The average molecular weight is 533 g/mol. The maximum atomic E-state index is 13.3. The zero-order chi connectivity index (χ0) is 21.3. The summed E-state index contributed by atoms with van der Waals surface area (Å²) >= 11 is 6.95. The fourth-order valence-corrected chi connectivity index (χ4v) is 4.35. The summed E-state index contributed by atoms with van der Waals surface area (Å²) < 4.78 is 21.6. The van der Waals surface area contributed by atoms with E-state index in [1.165, 1.54) is 12.1 Å². The number of halogens is 3. The maximum Gasteiger partial charge on any atom is 0.252 e. The van der Waals surface area contributed by atoms with Gasteiger partial charge < -0.3 is 9.64 Å². The van der Waals surface area contributed by atoms with Crippen molar-refractivity contribution >= 4 is 37.8 Å². The van der Waals surface area contributed by atoms with E-state index >= 15 is 0 Å². The van der Waals surface area contributed by atoms with Gasteiger partial charge in [0.1, 0.15) is 18.0 Å². The molecule has 4 rings (SSSR count). The third-order valence-corrected chi connectivity index (χ3v) is 6.44. The van der Waals surface area contributed by atoms with Gasteiger partial charge in [-0.1, -0.05) is 68.3 Å². The highest BCUT2D eigenvalue weighted by Gasteiger charge is 2.42. The molecule has 0 unspecified atom stereocenters. The number of hydrogen-bond acceptors (Lipinski definition) is 2. The summed E-state index contributed by atoms with van der Waals surface area (Å²) in [6.45, 7) is 0. The van der Waals surface area contributed by atoms with Crippen LogP contribution >= 0.6 is 31.9 Å². The minimum atomic E-state index is -0.638. The lowest BCUT2D eigenvalue weighted by molar-refractivity contribution is -0.171. The Balaban J connectivity index is 1.69. The summed E-state index contributed by atoms with van der Waals surface area (Å²) in [6, 6.07) is 21.9. The summed E-state index contributed by atoms with van der Waals surface area (Å²) in [4.78, 5) is 15.0. The highest BCUT2D eigenvalue weighted by molar-refractivity contribution is 9.10. The molecule has 0 aromatic heterocycles. The second-order valence-corrected chi connectivity index (χ2v) is 9.20. The molecule has 1 heterocycles. The van der Waals surface area contributed by atoms with Gasteiger partial charge in [0.05, 0.1) is 6.04 Å². The molecule has 1 saturated heterocycles. The number of carbonyl (C=O) groups excluding carboxylic acids is 1. The third kappa shape index (κ3) is 4.51. The number of morpholine rings is 1. The predicted molar refractivity (Wildman–Crippen MR) is 122 cm³/mol. The SMILES string of the molecule is CN1C(=O)[C@@H](Cc2ccc(F)cc2)O[C@@H](c2ccc(Br)cc2)[C@@H]1c1ccc(Br)cc1. The molecule has 0 saturated carbocycles. The number of amides is 1. The van der Waals surface area contributed by atoms with Crippen molar-refractivity contribution in [3.63, 3.8) is 0 Å². The van der Waals surface area contributed by atoms with E-state index in [4.69, 9.17) is 4.74 Å². The van der Waals surface area contributed by atoms with Crippen LogP contribution in [0.3, 0.4) is 0 Å². The van der Waals surface area contributed by atoms with E-state index in [1.807, 2.05) is 55.6 Å². The number of carbonyl (C=O) groups is 1. The van der Waals surface area contributed by atoms with Crippen molar-refractivity contribution in [1.82, 2.24) is 4.90 Å². The molecule has 3 aromatic rings. The molecule has 1 aliphatic heterocycles. The van der Waals surface area contributed by atoms with Crippen molar-refractivity contribution in [1.29, 1.82) is 0 Å². The fraction of sp³-hybridized carbons (Fsp3) is 0.208. The summed E-state index contributed by atoms with van der Waals surface area (Å²) in [5, 5.41) is 0. The first-order chi connectivity index (χ1) is 14.4. The molecule has 3 nitrogen and oxygen atoms in total. The third-order valence-electron chi connectivity index (χ3n) is 5.38. The van der Waals surface area contributed by atoms with E-state index in [0.29, 0.717) is 6.42 Å². The molecular weight excluding hydrogens is 513 g/mol. The monoisotopic (exact) mass is 531 g/mol. The molecule has 30 heavy (non-hydrogen) atoms. The Morgan fingerprint density at radius 1 is 0.867 bits per heavy atom. The molecule has 0 bridgehead atoms. The quantitative estimate of drug-likeness (QED) is 0.398. The van der Waals surface area contributed by atoms with E-state index in [1.54, 1.807) is 17.0 Å². The van der Waals surface area contributed by atoms with Crippen LogP contribution in [0.1, 0.15) is 28.8 Å². The Kier molecular flexibility index (Phi) is 6.37. The van der Waals surface area contributed by atoms with Crippen molar-refractivity contribution in [2.24, 2.45) is 0 Å². The maximum absolute atomic E-state index is 13.3. The van der Waals surface area contributed by atoms with E-state index in [0.717, 1.165) is 25.6 Å². The summed E-state index contributed by atoms with van der Waals surface area (Å²) in [6.07, 6.45) is -0.572. The van der Waals surface area contributed by atoms with Crippen LogP contribution in [-0.4, -0.2) is 24.0 Å². The van der Waals surface area contributed by atoms with Gasteiger partial charge in [-0.3, -0.25) is 4.79 Å². The topological polar surface area (TPSA) is 29.5 Å². The minimum Gasteiger partial charge on any atom is -0.358 e. The van der Waals surface area contributed by atoms with Gasteiger partial charge in [-0.2, -0.15) is 0 Å². The van der Waals surface area contributed by atoms with Crippen LogP contribution in [0, 0.1) is 5.82 Å². The van der Waals surface area contributed by atoms with Gasteiger partial charge >= 0.3 is 0 Å². The van der Waals surface area contributed by atoms with E-state index in [2.05, 4.69) is 31.9 Å². The molecular formula is C24H20Br2FNO2. The molecule has 0 aliphatic carbocycles. The summed E-state index contributed by atoms with van der Waals surface area (Å²) in [7, 11) is 1.82. The van der Waals surface area contributed by atoms with E-state index in [9.17, 15) is 9.18 Å². The van der Waals surface area contributed by atoms with Gasteiger partial charge in [-0.05, 0) is 53.1 Å². The molecule has 3 atom stereocenters. The molecule has 154 valence electrons. The molecule has 0 N–H and O–H groups in total. The zero-order valence-electron chi connectivity index (χ0n) is 16.3. The van der Waals surface area contributed by atoms with E-state index < -0.39 is 6.10 Å². The number of rotatable bonds is 4. The first-order valence-electron chi connectivity index (χ1n) is 9.60. The van der Waals surface area contributed by atoms with Gasteiger partial charge in [0.2, 0.25) is 0 Å². The number of benzene rings is 3. The molecule has 0 radical (unpaired) electrons.